The van der Waals surface area contributed by atoms with Crippen LogP contribution in [0.4, 0.5) is 5.69 Å². The molecule has 4 nitrogen and oxygen atoms in total. The first-order valence-electron chi connectivity index (χ1n) is 6.10. The van der Waals surface area contributed by atoms with Crippen LogP contribution in [0.25, 0.3) is 0 Å². The van der Waals surface area contributed by atoms with E-state index in [4.69, 9.17) is 4.74 Å². The van der Waals surface area contributed by atoms with Gasteiger partial charge in [-0.3, -0.25) is 9.59 Å². The number of anilines is 1. The van der Waals surface area contributed by atoms with Gasteiger partial charge in [-0.1, -0.05) is 34.6 Å². The second kappa shape index (κ2) is 6.22. The molecule has 0 aromatic heterocycles. The zero-order valence-electron chi connectivity index (χ0n) is 12.0. The molecule has 0 saturated heterocycles. The van der Waals surface area contributed by atoms with Crippen molar-refractivity contribution in [3.05, 3.63) is 35.9 Å². The fourth-order valence-electron chi connectivity index (χ4n) is 1.33. The fraction of sp³-hybridized carbons (Fsp3) is 0.333. The van der Waals surface area contributed by atoms with Gasteiger partial charge in [0.2, 0.25) is 0 Å². The molecular weight excluding hydrogens is 322 g/mol. The number of carbonyl (C=O) groups is 2. The van der Waals surface area contributed by atoms with E-state index in [9.17, 15) is 9.59 Å². The maximum Gasteiger partial charge on any atom is 0.327 e. The summed E-state index contributed by atoms with van der Waals surface area (Å²) in [7, 11) is 0. The Morgan fingerprint density at radius 1 is 1.35 bits per heavy atom. The van der Waals surface area contributed by atoms with Crippen LogP contribution in [0.3, 0.4) is 0 Å². The Balaban J connectivity index is 3.09. The Morgan fingerprint density at radius 2 is 1.95 bits per heavy atom. The van der Waals surface area contributed by atoms with Gasteiger partial charge < -0.3 is 10.1 Å². The average molecular weight is 340 g/mol. The highest BCUT2D eigenvalue weighted by Crippen LogP contribution is 2.30. The molecule has 20 heavy (non-hydrogen) atoms. The number of benzene rings is 1. The zero-order chi connectivity index (χ0) is 15.5. The normalized spacial score (nSPS) is 10.8. The van der Waals surface area contributed by atoms with Crippen molar-refractivity contribution >= 4 is 33.5 Å². The number of aryl methyl sites for hydroxylation is 1. The highest BCUT2D eigenvalue weighted by molar-refractivity contribution is 9.10. The van der Waals surface area contributed by atoms with E-state index in [1.165, 1.54) is 0 Å². The highest BCUT2D eigenvalue weighted by Gasteiger charge is 2.27. The van der Waals surface area contributed by atoms with Gasteiger partial charge in [-0.15, -0.1) is 0 Å². The molecule has 1 aromatic rings. The SMILES string of the molecule is C=C(C)C(=O)Nc1c(C)cccc1OC(=O)C(C)(C)Br. The molecule has 1 N–H and O–H groups in total. The standard InChI is InChI=1S/C15H18BrNO3/c1-9(2)13(18)17-12-10(3)7-6-8-11(12)20-14(19)15(4,5)16/h6-8H,1H2,2-5H3,(H,17,18). The monoisotopic (exact) mass is 339 g/mol. The first-order valence-corrected chi connectivity index (χ1v) is 6.90. The molecule has 0 saturated carbocycles. The van der Waals surface area contributed by atoms with Crippen LogP contribution in [0.2, 0.25) is 0 Å². The second-order valence-corrected chi connectivity index (χ2v) is 7.03. The molecule has 0 atom stereocenters. The lowest BCUT2D eigenvalue weighted by Crippen LogP contribution is -2.29. The van der Waals surface area contributed by atoms with Crippen molar-refractivity contribution in [3.63, 3.8) is 0 Å². The maximum absolute atomic E-state index is 11.9. The van der Waals surface area contributed by atoms with E-state index < -0.39 is 10.3 Å². The summed E-state index contributed by atoms with van der Waals surface area (Å²) in [4.78, 5) is 23.7. The predicted molar refractivity (Wildman–Crippen MR) is 83.3 cm³/mol. The Morgan fingerprint density at radius 3 is 2.45 bits per heavy atom. The number of carbonyl (C=O) groups excluding carboxylic acids is 2. The molecule has 1 amide bonds. The number of ether oxygens (including phenoxy) is 1. The summed E-state index contributed by atoms with van der Waals surface area (Å²) >= 11 is 3.24. The van der Waals surface area contributed by atoms with E-state index in [0.29, 0.717) is 17.0 Å². The Hall–Kier alpha value is -1.62. The topological polar surface area (TPSA) is 55.4 Å². The summed E-state index contributed by atoms with van der Waals surface area (Å²) in [5.74, 6) is -0.430. The molecular formula is C15H18BrNO3. The molecule has 108 valence electrons. The van der Waals surface area contributed by atoms with E-state index in [2.05, 4.69) is 27.8 Å². The Labute approximate surface area is 127 Å². The minimum absolute atomic E-state index is 0.310. The lowest BCUT2D eigenvalue weighted by atomic mass is 10.1. The number of para-hydroxylation sites is 1. The number of amides is 1. The van der Waals surface area contributed by atoms with E-state index in [1.54, 1.807) is 32.9 Å². The van der Waals surface area contributed by atoms with Crippen LogP contribution in [0, 0.1) is 6.92 Å². The number of nitrogens with one attached hydrogen (secondary N) is 1. The van der Waals surface area contributed by atoms with Crippen molar-refractivity contribution in [2.45, 2.75) is 32.0 Å². The van der Waals surface area contributed by atoms with Crippen molar-refractivity contribution < 1.29 is 14.3 Å². The van der Waals surface area contributed by atoms with Gasteiger partial charge in [0, 0.05) is 5.57 Å². The summed E-state index contributed by atoms with van der Waals surface area (Å²) in [6, 6.07) is 5.22. The number of hydrogen-bond donors (Lipinski definition) is 1. The van der Waals surface area contributed by atoms with Crippen LogP contribution >= 0.6 is 15.9 Å². The van der Waals surface area contributed by atoms with Gasteiger partial charge in [0.05, 0.1) is 5.69 Å². The number of halogens is 1. The summed E-state index contributed by atoms with van der Waals surface area (Å²) in [6.07, 6.45) is 0. The predicted octanol–water partition coefficient (Wildman–Crippen LogP) is 3.59. The van der Waals surface area contributed by atoms with Crippen LogP contribution in [-0.4, -0.2) is 16.2 Å². The third kappa shape index (κ3) is 4.20. The van der Waals surface area contributed by atoms with Gasteiger partial charge in [0.25, 0.3) is 5.91 Å². The van der Waals surface area contributed by atoms with Crippen molar-refractivity contribution in [1.29, 1.82) is 0 Å². The molecule has 0 aliphatic carbocycles. The Bertz CT molecular complexity index is 559. The molecule has 5 heteroatoms. The van der Waals surface area contributed by atoms with Gasteiger partial charge in [-0.2, -0.15) is 0 Å². The summed E-state index contributed by atoms with van der Waals surface area (Å²) in [5, 5.41) is 2.70. The Kier molecular flexibility index (Phi) is 5.11. The quantitative estimate of drug-likeness (QED) is 0.394. The molecule has 1 rings (SSSR count). The van der Waals surface area contributed by atoms with Gasteiger partial charge >= 0.3 is 5.97 Å². The highest BCUT2D eigenvalue weighted by atomic mass is 79.9. The molecule has 0 bridgehead atoms. The second-order valence-electron chi connectivity index (χ2n) is 5.04. The molecule has 0 heterocycles. The molecule has 0 fully saturated rings. The summed E-state index contributed by atoms with van der Waals surface area (Å²) in [6.45, 7) is 10.4. The zero-order valence-corrected chi connectivity index (χ0v) is 13.6. The molecule has 0 aliphatic heterocycles. The first kappa shape index (κ1) is 16.4. The van der Waals surface area contributed by atoms with Crippen LogP contribution in [-0.2, 0) is 9.59 Å². The van der Waals surface area contributed by atoms with Gasteiger partial charge in [0.15, 0.2) is 5.75 Å². The maximum atomic E-state index is 11.9. The van der Waals surface area contributed by atoms with Crippen molar-refractivity contribution in [3.8, 4) is 5.75 Å². The first-order chi connectivity index (χ1) is 9.12. The van der Waals surface area contributed by atoms with Gasteiger partial charge in [-0.25, -0.2) is 0 Å². The largest absolute Gasteiger partial charge is 0.423 e. The van der Waals surface area contributed by atoms with Gasteiger partial charge in [-0.05, 0) is 39.3 Å². The molecule has 0 unspecified atom stereocenters. The molecule has 0 radical (unpaired) electrons. The van der Waals surface area contributed by atoms with Crippen molar-refractivity contribution in [1.82, 2.24) is 0 Å². The number of alkyl halides is 1. The summed E-state index contributed by atoms with van der Waals surface area (Å²) in [5.41, 5.74) is 1.66. The summed E-state index contributed by atoms with van der Waals surface area (Å²) < 4.78 is 4.54. The van der Waals surface area contributed by atoms with Crippen molar-refractivity contribution in [2.24, 2.45) is 0 Å². The minimum Gasteiger partial charge on any atom is -0.423 e. The average Bonchev–Trinajstić information content (AvgIpc) is 2.31. The lowest BCUT2D eigenvalue weighted by molar-refractivity contribution is -0.136. The molecule has 1 aromatic carbocycles. The third-order valence-electron chi connectivity index (χ3n) is 2.55. The van der Waals surface area contributed by atoms with E-state index in [1.807, 2.05) is 13.0 Å². The smallest absolute Gasteiger partial charge is 0.327 e. The van der Waals surface area contributed by atoms with E-state index >= 15 is 0 Å². The van der Waals surface area contributed by atoms with Crippen molar-refractivity contribution in [2.75, 3.05) is 5.32 Å². The van der Waals surface area contributed by atoms with E-state index in [0.717, 1.165) is 5.56 Å². The fourth-order valence-corrected chi connectivity index (χ4v) is 1.41. The van der Waals surface area contributed by atoms with E-state index in [-0.39, 0.29) is 5.91 Å². The van der Waals surface area contributed by atoms with Crippen LogP contribution in [0.15, 0.2) is 30.4 Å². The van der Waals surface area contributed by atoms with Gasteiger partial charge in [0.1, 0.15) is 4.32 Å². The third-order valence-corrected chi connectivity index (χ3v) is 2.87. The lowest BCUT2D eigenvalue weighted by Gasteiger charge is -2.18. The number of hydrogen-bond acceptors (Lipinski definition) is 3. The van der Waals surface area contributed by atoms with Crippen LogP contribution < -0.4 is 10.1 Å². The molecule has 0 aliphatic rings. The minimum atomic E-state index is -0.799. The number of rotatable bonds is 4. The van der Waals surface area contributed by atoms with Crippen LogP contribution in [0.1, 0.15) is 26.3 Å². The van der Waals surface area contributed by atoms with Crippen LogP contribution in [0.5, 0.6) is 5.75 Å². The molecule has 0 spiro atoms. The number of esters is 1.